The molecule has 0 amide bonds. The van der Waals surface area contributed by atoms with Gasteiger partial charge < -0.3 is 9.88 Å². The topological polar surface area (TPSA) is 17.0 Å². The molecule has 5 aliphatic rings. The van der Waals surface area contributed by atoms with Gasteiger partial charge in [0.2, 0.25) is 0 Å². The van der Waals surface area contributed by atoms with Crippen molar-refractivity contribution in [1.82, 2.24) is 4.57 Å². The zero-order valence-corrected chi connectivity index (χ0v) is 44.1. The van der Waals surface area contributed by atoms with Gasteiger partial charge in [0, 0.05) is 38.9 Å². The van der Waals surface area contributed by atoms with Crippen molar-refractivity contribution in [2.24, 2.45) is 0 Å². The molecule has 6 aromatic rings. The molecule has 0 bridgehead atoms. The molecule has 1 aliphatic heterocycles. The number of fused-ring (bicyclic) bond motifs is 9. The molecule has 344 valence electrons. The molecule has 2 heterocycles. The highest BCUT2D eigenvalue weighted by atomic mass is 15.0. The fourth-order valence-electron chi connectivity index (χ4n) is 14.2. The van der Waals surface area contributed by atoms with Crippen LogP contribution in [-0.4, -0.2) is 11.8 Å². The fourth-order valence-corrected chi connectivity index (χ4v) is 14.2. The van der Waals surface area contributed by atoms with Gasteiger partial charge in [-0.1, -0.05) is 134 Å². The van der Waals surface area contributed by atoms with Crippen molar-refractivity contribution in [3.05, 3.63) is 111 Å². The highest BCUT2D eigenvalue weighted by Gasteiger charge is 2.43. The lowest BCUT2D eigenvalue weighted by Gasteiger charge is -2.43. The van der Waals surface area contributed by atoms with Crippen LogP contribution in [-0.2, 0) is 43.3 Å². The van der Waals surface area contributed by atoms with Crippen LogP contribution in [0.2, 0.25) is 0 Å². The molecule has 0 spiro atoms. The van der Waals surface area contributed by atoms with Gasteiger partial charge in [-0.15, -0.1) is 0 Å². The van der Waals surface area contributed by atoms with Crippen molar-refractivity contribution in [2.45, 2.75) is 212 Å². The van der Waals surface area contributed by atoms with Gasteiger partial charge in [-0.2, -0.15) is 0 Å². The third kappa shape index (κ3) is 6.32. The van der Waals surface area contributed by atoms with E-state index in [9.17, 15) is 0 Å². The third-order valence-corrected chi connectivity index (χ3v) is 19.4. The first-order chi connectivity index (χ1) is 30.5. The zero-order valence-electron chi connectivity index (χ0n) is 44.1. The van der Waals surface area contributed by atoms with E-state index in [-0.39, 0.29) is 43.3 Å². The van der Waals surface area contributed by atoms with Crippen molar-refractivity contribution < 1.29 is 0 Å². The van der Waals surface area contributed by atoms with Crippen LogP contribution in [0, 0.1) is 6.92 Å². The van der Waals surface area contributed by atoms with Crippen LogP contribution in [0.1, 0.15) is 212 Å². The Morgan fingerprint density at radius 1 is 0.439 bits per heavy atom. The predicted molar refractivity (Wildman–Crippen MR) is 288 cm³/mol. The minimum absolute atomic E-state index is 0.0769. The van der Waals surface area contributed by atoms with E-state index in [1.807, 2.05) is 0 Å². The SMILES string of the molecule is Cc1cc(-c2cc3c(cc2Nc2ccc4c(c2)C(C)(C)CCC4(C)C)C(C)(C)CCC3(C)C)c2c3c1c1cc4c(cc1n3-c1cc3c(cc1B2)C(C)(C)CCC3(C)C)C(C)(C)CCC4(C)C. The van der Waals surface area contributed by atoms with Gasteiger partial charge in [-0.3, -0.25) is 0 Å². The highest BCUT2D eigenvalue weighted by molar-refractivity contribution is 6.73. The molecule has 0 atom stereocenters. The first-order valence-electron chi connectivity index (χ1n) is 26.0. The molecule has 0 fully saturated rings. The minimum atomic E-state index is 0.0769. The number of rotatable bonds is 3. The lowest BCUT2D eigenvalue weighted by atomic mass is 9.55. The first kappa shape index (κ1) is 44.3. The summed E-state index contributed by atoms with van der Waals surface area (Å²) in [6, 6.07) is 25.9. The van der Waals surface area contributed by atoms with Crippen LogP contribution >= 0.6 is 0 Å². The van der Waals surface area contributed by atoms with Crippen LogP contribution in [0.4, 0.5) is 11.4 Å². The number of nitrogens with one attached hydrogen (secondary N) is 1. The molecule has 1 N–H and O–H groups in total. The van der Waals surface area contributed by atoms with Gasteiger partial charge >= 0.3 is 0 Å². The molecule has 3 heteroatoms. The summed E-state index contributed by atoms with van der Waals surface area (Å²) in [6.07, 6.45) is 9.66. The summed E-state index contributed by atoms with van der Waals surface area (Å²) in [4.78, 5) is 0. The summed E-state index contributed by atoms with van der Waals surface area (Å²) in [6.45, 7) is 42.1. The summed E-state index contributed by atoms with van der Waals surface area (Å²) >= 11 is 0. The molecule has 2 nitrogen and oxygen atoms in total. The van der Waals surface area contributed by atoms with Gasteiger partial charge in [0.05, 0.1) is 5.52 Å². The van der Waals surface area contributed by atoms with E-state index in [1.54, 1.807) is 22.3 Å². The Morgan fingerprint density at radius 3 is 1.42 bits per heavy atom. The number of hydrogen-bond donors (Lipinski definition) is 1. The van der Waals surface area contributed by atoms with E-state index < -0.39 is 0 Å². The van der Waals surface area contributed by atoms with Gasteiger partial charge in [-0.05, 0) is 205 Å². The molecule has 0 saturated heterocycles. The maximum Gasteiger partial charge on any atom is 0.198 e. The molecular weight excluding hydrogens is 796 g/mol. The normalized spacial score (nSPS) is 22.6. The van der Waals surface area contributed by atoms with Crippen molar-refractivity contribution in [3.8, 4) is 16.8 Å². The summed E-state index contributed by atoms with van der Waals surface area (Å²) in [5, 5.41) is 7.08. The Labute approximate surface area is 399 Å². The molecule has 0 unspecified atom stereocenters. The van der Waals surface area contributed by atoms with E-state index in [1.165, 1.54) is 140 Å². The van der Waals surface area contributed by atoms with Crippen molar-refractivity contribution in [2.75, 3.05) is 5.32 Å². The molecular formula is C63H79BN2. The molecule has 0 saturated carbocycles. The second-order valence-corrected chi connectivity index (χ2v) is 27.8. The Bertz CT molecular complexity index is 3100. The fraction of sp³-hybridized carbons (Fsp3) is 0.524. The molecule has 0 radical (unpaired) electrons. The van der Waals surface area contributed by atoms with E-state index in [4.69, 9.17) is 0 Å². The maximum absolute atomic E-state index is 4.21. The smallest absolute Gasteiger partial charge is 0.198 e. The van der Waals surface area contributed by atoms with Gasteiger partial charge in [-0.25, -0.2) is 0 Å². The second kappa shape index (κ2) is 13.5. The average molecular weight is 875 g/mol. The van der Waals surface area contributed by atoms with E-state index >= 15 is 0 Å². The van der Waals surface area contributed by atoms with Crippen molar-refractivity contribution in [3.63, 3.8) is 0 Å². The Hall–Kier alpha value is -4.24. The van der Waals surface area contributed by atoms with Crippen LogP contribution in [0.3, 0.4) is 0 Å². The van der Waals surface area contributed by atoms with Crippen LogP contribution in [0.15, 0.2) is 60.7 Å². The molecule has 1 aromatic heterocycles. The highest BCUT2D eigenvalue weighted by Crippen LogP contribution is 2.54. The molecule has 66 heavy (non-hydrogen) atoms. The number of aryl methyl sites for hydroxylation is 1. The zero-order chi connectivity index (χ0) is 47.3. The standard InChI is InChI=1S/C63H79BN2/c1-36-28-39(38-30-43-46(61(12,13)25-22-58(43,6)7)33-50(38)65-37-18-19-41-42(29-37)57(4,5)21-20-56(41,2)3)54-55-53(36)40-31-44-47(62(14,15)26-23-59(44,8)9)34-51(40)66(55)52-35-48-45(32-49(52)64-54)60(10,11)24-27-63(48,16)17/h18-19,28-35,64-65H,20-27H2,1-17H3. The van der Waals surface area contributed by atoms with Crippen molar-refractivity contribution >= 4 is 51.4 Å². The quantitative estimate of drug-likeness (QED) is 0.175. The van der Waals surface area contributed by atoms with E-state index in [0.717, 1.165) is 7.28 Å². The maximum atomic E-state index is 4.21. The van der Waals surface area contributed by atoms with Crippen LogP contribution < -0.4 is 16.2 Å². The van der Waals surface area contributed by atoms with E-state index in [2.05, 4.69) is 188 Å². The summed E-state index contributed by atoms with van der Waals surface area (Å²) < 4.78 is 2.77. The first-order valence-corrected chi connectivity index (χ1v) is 26.0. The number of anilines is 2. The second-order valence-electron chi connectivity index (χ2n) is 27.8. The van der Waals surface area contributed by atoms with Crippen LogP contribution in [0.5, 0.6) is 0 Å². The molecule has 4 aliphatic carbocycles. The number of nitrogens with zero attached hydrogens (tertiary/aromatic N) is 1. The van der Waals surface area contributed by atoms with Gasteiger partial charge in [0.1, 0.15) is 0 Å². The largest absolute Gasteiger partial charge is 0.355 e. The number of aromatic nitrogens is 1. The van der Waals surface area contributed by atoms with E-state index in [0.29, 0.717) is 0 Å². The van der Waals surface area contributed by atoms with Gasteiger partial charge in [0.15, 0.2) is 7.28 Å². The summed E-state index contributed by atoms with van der Waals surface area (Å²) in [7, 11) is 0.922. The Morgan fingerprint density at radius 2 is 0.879 bits per heavy atom. The molecule has 5 aromatic carbocycles. The molecule has 11 rings (SSSR count). The number of benzene rings is 5. The summed E-state index contributed by atoms with van der Waals surface area (Å²) in [5.41, 5.74) is 26.9. The Kier molecular flexibility index (Phi) is 9.06. The lowest BCUT2D eigenvalue weighted by Crippen LogP contribution is -2.41. The monoisotopic (exact) mass is 875 g/mol. The Balaban J connectivity index is 1.24. The minimum Gasteiger partial charge on any atom is -0.355 e. The third-order valence-electron chi connectivity index (χ3n) is 19.4. The lowest BCUT2D eigenvalue weighted by molar-refractivity contribution is 0.332. The number of hydrogen-bond acceptors (Lipinski definition) is 1. The van der Waals surface area contributed by atoms with Crippen molar-refractivity contribution in [1.29, 1.82) is 0 Å². The average Bonchev–Trinajstić information content (AvgIpc) is 3.58. The van der Waals surface area contributed by atoms with Gasteiger partial charge in [0.25, 0.3) is 0 Å². The van der Waals surface area contributed by atoms with Crippen LogP contribution in [0.25, 0.3) is 38.6 Å². The summed E-state index contributed by atoms with van der Waals surface area (Å²) in [5.74, 6) is 0. The predicted octanol–water partition coefficient (Wildman–Crippen LogP) is 15.6.